The van der Waals surface area contributed by atoms with E-state index in [0.717, 1.165) is 13.2 Å². The zero-order valence-corrected chi connectivity index (χ0v) is 13.6. The van der Waals surface area contributed by atoms with Gasteiger partial charge in [0, 0.05) is 44.4 Å². The molecule has 2 saturated carbocycles. The smallest absolute Gasteiger partial charge is 0.0661 e. The maximum absolute atomic E-state index is 5.91. The second-order valence-corrected chi connectivity index (χ2v) is 6.76. The minimum atomic E-state index is 0.458. The molecule has 2 fully saturated rings. The monoisotopic (exact) mass is 288 g/mol. The van der Waals surface area contributed by atoms with Crippen molar-refractivity contribution < 1.29 is 4.74 Å². The van der Waals surface area contributed by atoms with Crippen LogP contribution in [0.1, 0.15) is 38.2 Å². The Kier molecular flexibility index (Phi) is 4.23. The molecule has 0 heterocycles. The first-order valence-electron chi connectivity index (χ1n) is 8.27. The van der Waals surface area contributed by atoms with Gasteiger partial charge in [-0.15, -0.1) is 0 Å². The molecule has 2 unspecified atom stereocenters. The molecule has 0 aromatic heterocycles. The number of ether oxygens (including phenoxy) is 1. The molecular weight excluding hydrogens is 260 g/mol. The van der Waals surface area contributed by atoms with Gasteiger partial charge in [0.25, 0.3) is 0 Å². The van der Waals surface area contributed by atoms with Gasteiger partial charge in [0.2, 0.25) is 0 Å². The summed E-state index contributed by atoms with van der Waals surface area (Å²) in [5.74, 6) is 0. The topological polar surface area (TPSA) is 24.5 Å². The third-order valence-corrected chi connectivity index (χ3v) is 5.44. The van der Waals surface area contributed by atoms with E-state index in [9.17, 15) is 0 Å². The molecule has 2 aliphatic carbocycles. The van der Waals surface area contributed by atoms with Crippen molar-refractivity contribution in [2.45, 2.75) is 51.3 Å². The Hall–Kier alpha value is -1.06. The molecule has 0 radical (unpaired) electrons. The van der Waals surface area contributed by atoms with Gasteiger partial charge in [0.05, 0.1) is 6.10 Å². The van der Waals surface area contributed by atoms with E-state index >= 15 is 0 Å². The summed E-state index contributed by atoms with van der Waals surface area (Å²) in [6.07, 6.45) is 5.75. The van der Waals surface area contributed by atoms with Crippen molar-refractivity contribution in [2.24, 2.45) is 5.41 Å². The fourth-order valence-corrected chi connectivity index (χ4v) is 3.88. The lowest BCUT2D eigenvalue weighted by atomic mass is 9.51. The van der Waals surface area contributed by atoms with Crippen molar-refractivity contribution in [1.82, 2.24) is 5.32 Å². The van der Waals surface area contributed by atoms with E-state index in [1.54, 1.807) is 0 Å². The van der Waals surface area contributed by atoms with E-state index < -0.39 is 0 Å². The minimum absolute atomic E-state index is 0.458. The van der Waals surface area contributed by atoms with Crippen molar-refractivity contribution in [3.63, 3.8) is 0 Å². The van der Waals surface area contributed by atoms with E-state index in [-0.39, 0.29) is 0 Å². The van der Waals surface area contributed by atoms with Gasteiger partial charge in [-0.2, -0.15) is 0 Å². The van der Waals surface area contributed by atoms with Crippen LogP contribution in [0, 0.1) is 5.41 Å². The summed E-state index contributed by atoms with van der Waals surface area (Å²) in [6.45, 7) is 3.93. The number of benzene rings is 1. The number of rotatable bonds is 6. The van der Waals surface area contributed by atoms with Gasteiger partial charge in [-0.3, -0.25) is 0 Å². The van der Waals surface area contributed by atoms with Gasteiger partial charge in [-0.05, 0) is 43.9 Å². The van der Waals surface area contributed by atoms with E-state index in [0.29, 0.717) is 17.6 Å². The first-order chi connectivity index (χ1) is 10.2. The van der Waals surface area contributed by atoms with E-state index in [4.69, 9.17) is 4.74 Å². The van der Waals surface area contributed by atoms with Gasteiger partial charge in [-0.25, -0.2) is 0 Å². The lowest BCUT2D eigenvalue weighted by Gasteiger charge is -2.61. The van der Waals surface area contributed by atoms with E-state index in [2.05, 4.69) is 55.5 Å². The largest absolute Gasteiger partial charge is 0.378 e. The predicted octanol–water partition coefficient (Wildman–Crippen LogP) is 3.19. The minimum Gasteiger partial charge on any atom is -0.378 e. The molecule has 0 saturated heterocycles. The van der Waals surface area contributed by atoms with Crippen LogP contribution in [-0.2, 0) is 11.3 Å². The van der Waals surface area contributed by atoms with E-state index in [1.807, 2.05) is 0 Å². The molecular formula is C18H28N2O. The highest BCUT2D eigenvalue weighted by Crippen LogP contribution is 2.57. The third-order valence-electron chi connectivity index (χ3n) is 5.44. The zero-order chi connectivity index (χ0) is 14.9. The Bertz CT molecular complexity index is 465. The van der Waals surface area contributed by atoms with Crippen molar-refractivity contribution >= 4 is 5.69 Å². The van der Waals surface area contributed by atoms with Crippen molar-refractivity contribution in [1.29, 1.82) is 0 Å². The molecule has 2 atom stereocenters. The lowest BCUT2D eigenvalue weighted by Crippen LogP contribution is -2.66. The maximum Gasteiger partial charge on any atom is 0.0661 e. The highest BCUT2D eigenvalue weighted by molar-refractivity contribution is 5.45. The van der Waals surface area contributed by atoms with Gasteiger partial charge in [-0.1, -0.05) is 18.6 Å². The second-order valence-electron chi connectivity index (χ2n) is 6.76. The average molecular weight is 288 g/mol. The summed E-state index contributed by atoms with van der Waals surface area (Å²) < 4.78 is 5.91. The molecule has 0 aliphatic heterocycles. The van der Waals surface area contributed by atoms with Crippen LogP contribution in [0.15, 0.2) is 24.3 Å². The van der Waals surface area contributed by atoms with Crippen molar-refractivity contribution in [3.05, 3.63) is 29.8 Å². The van der Waals surface area contributed by atoms with Gasteiger partial charge < -0.3 is 15.0 Å². The van der Waals surface area contributed by atoms with Gasteiger partial charge in [0.15, 0.2) is 0 Å². The van der Waals surface area contributed by atoms with Crippen LogP contribution in [0.3, 0.4) is 0 Å². The number of anilines is 1. The first kappa shape index (κ1) is 14.9. The van der Waals surface area contributed by atoms with Crippen LogP contribution in [-0.4, -0.2) is 32.8 Å². The number of nitrogens with zero attached hydrogens (tertiary/aromatic N) is 1. The fraction of sp³-hybridized carbons (Fsp3) is 0.667. The first-order valence-corrected chi connectivity index (χ1v) is 8.27. The molecule has 0 amide bonds. The highest BCUT2D eigenvalue weighted by Gasteiger charge is 2.58. The molecule has 1 aromatic carbocycles. The summed E-state index contributed by atoms with van der Waals surface area (Å²) in [5.41, 5.74) is 3.09. The molecule has 1 spiro atoms. The Morgan fingerprint density at radius 2 is 1.95 bits per heavy atom. The number of hydrogen-bond acceptors (Lipinski definition) is 3. The summed E-state index contributed by atoms with van der Waals surface area (Å²) >= 11 is 0. The van der Waals surface area contributed by atoms with Crippen LogP contribution >= 0.6 is 0 Å². The van der Waals surface area contributed by atoms with Crippen LogP contribution < -0.4 is 10.2 Å². The summed E-state index contributed by atoms with van der Waals surface area (Å²) in [6, 6.07) is 9.50. The molecule has 0 bridgehead atoms. The SMILES string of the molecule is CCOC1CC(NCc2ccc(N(C)C)cc2)C12CCC2. The van der Waals surface area contributed by atoms with Crippen LogP contribution in [0.2, 0.25) is 0 Å². The zero-order valence-electron chi connectivity index (χ0n) is 13.6. The predicted molar refractivity (Wildman–Crippen MR) is 87.7 cm³/mol. The Balaban J connectivity index is 1.54. The third kappa shape index (κ3) is 2.69. The Morgan fingerprint density at radius 1 is 1.24 bits per heavy atom. The summed E-state index contributed by atoms with van der Waals surface area (Å²) in [4.78, 5) is 2.14. The molecule has 3 heteroatoms. The van der Waals surface area contributed by atoms with Crippen molar-refractivity contribution in [2.75, 3.05) is 25.6 Å². The van der Waals surface area contributed by atoms with Crippen molar-refractivity contribution in [3.8, 4) is 0 Å². The second kappa shape index (κ2) is 5.98. The summed E-state index contributed by atoms with van der Waals surface area (Å²) in [5, 5.41) is 3.77. The summed E-state index contributed by atoms with van der Waals surface area (Å²) in [7, 11) is 4.16. The molecule has 1 aromatic rings. The standard InChI is InChI=1S/C18H28N2O/c1-4-21-17-12-16(18(17)10-5-11-18)19-13-14-6-8-15(9-7-14)20(2)3/h6-9,16-17,19H,4-5,10-13H2,1-3H3. The normalized spacial score (nSPS) is 26.2. The molecule has 3 nitrogen and oxygen atoms in total. The van der Waals surface area contributed by atoms with Crippen LogP contribution in [0.4, 0.5) is 5.69 Å². The van der Waals surface area contributed by atoms with Crippen LogP contribution in [0.25, 0.3) is 0 Å². The maximum atomic E-state index is 5.91. The number of nitrogens with one attached hydrogen (secondary N) is 1. The molecule has 1 N–H and O–H groups in total. The van der Waals surface area contributed by atoms with E-state index in [1.165, 1.54) is 36.9 Å². The Morgan fingerprint density at radius 3 is 2.48 bits per heavy atom. The fourth-order valence-electron chi connectivity index (χ4n) is 3.88. The van der Waals surface area contributed by atoms with Crippen LogP contribution in [0.5, 0.6) is 0 Å². The quantitative estimate of drug-likeness (QED) is 0.870. The molecule has 116 valence electrons. The Labute approximate surface area is 128 Å². The molecule has 2 aliphatic rings. The lowest BCUT2D eigenvalue weighted by molar-refractivity contribution is -0.173. The highest BCUT2D eigenvalue weighted by atomic mass is 16.5. The van der Waals surface area contributed by atoms with Gasteiger partial charge >= 0.3 is 0 Å². The molecule has 3 rings (SSSR count). The average Bonchev–Trinajstić information content (AvgIpc) is 2.40. The van der Waals surface area contributed by atoms with Gasteiger partial charge in [0.1, 0.15) is 0 Å². The number of hydrogen-bond donors (Lipinski definition) is 1. The molecule has 21 heavy (non-hydrogen) atoms.